The van der Waals surface area contributed by atoms with Gasteiger partial charge in [-0.1, -0.05) is 24.3 Å². The lowest BCUT2D eigenvalue weighted by Crippen LogP contribution is -2.46. The van der Waals surface area contributed by atoms with Gasteiger partial charge in [0.05, 0.1) is 17.5 Å². The van der Waals surface area contributed by atoms with Crippen LogP contribution < -0.4 is 5.32 Å². The zero-order valence-corrected chi connectivity index (χ0v) is 14.3. The van der Waals surface area contributed by atoms with Crippen LogP contribution in [0.5, 0.6) is 0 Å². The predicted molar refractivity (Wildman–Crippen MR) is 91.1 cm³/mol. The molecule has 0 spiro atoms. The molecule has 25 heavy (non-hydrogen) atoms. The fourth-order valence-corrected chi connectivity index (χ4v) is 2.66. The molecule has 7 heteroatoms. The Morgan fingerprint density at radius 1 is 1.24 bits per heavy atom. The molecule has 134 valence electrons. The lowest BCUT2D eigenvalue weighted by atomic mass is 9.88. The van der Waals surface area contributed by atoms with E-state index in [2.05, 4.69) is 5.32 Å². The monoisotopic (exact) mass is 346 g/mol. The molecule has 1 aliphatic rings. The number of carbonyl (C=O) groups is 3. The highest BCUT2D eigenvalue weighted by Gasteiger charge is 2.30. The van der Waals surface area contributed by atoms with E-state index in [1.165, 1.54) is 17.0 Å². The van der Waals surface area contributed by atoms with Crippen LogP contribution in [0, 0.1) is 5.92 Å². The Morgan fingerprint density at radius 3 is 2.52 bits per heavy atom. The molecule has 0 saturated heterocycles. The van der Waals surface area contributed by atoms with Crippen LogP contribution >= 0.6 is 0 Å². The zero-order valence-electron chi connectivity index (χ0n) is 14.3. The average molecular weight is 346 g/mol. The van der Waals surface area contributed by atoms with Gasteiger partial charge in [0, 0.05) is 14.1 Å². The summed E-state index contributed by atoms with van der Waals surface area (Å²) in [4.78, 5) is 36.5. The second kappa shape index (κ2) is 8.32. The van der Waals surface area contributed by atoms with Crippen molar-refractivity contribution in [1.29, 1.82) is 0 Å². The quantitative estimate of drug-likeness (QED) is 0.796. The Balaban J connectivity index is 1.90. The summed E-state index contributed by atoms with van der Waals surface area (Å²) in [5.41, 5.74) is 0.853. The van der Waals surface area contributed by atoms with E-state index in [1.54, 1.807) is 26.2 Å². The van der Waals surface area contributed by atoms with Crippen LogP contribution in [0.2, 0.25) is 0 Å². The largest absolute Gasteiger partial charge is 0.478 e. The number of rotatable bonds is 5. The van der Waals surface area contributed by atoms with E-state index >= 15 is 0 Å². The topological polar surface area (TPSA) is 95.9 Å². The molecular formula is C18H22N2O5. The van der Waals surface area contributed by atoms with Gasteiger partial charge < -0.3 is 20.1 Å². The van der Waals surface area contributed by atoms with Crippen LogP contribution in [0.15, 0.2) is 36.4 Å². The van der Waals surface area contributed by atoms with Crippen molar-refractivity contribution in [3.63, 3.8) is 0 Å². The number of ether oxygens (including phenoxy) is 1. The number of amides is 2. The molecule has 0 heterocycles. The van der Waals surface area contributed by atoms with Crippen molar-refractivity contribution in [1.82, 2.24) is 10.2 Å². The Kier molecular flexibility index (Phi) is 6.16. The number of benzene rings is 1. The maximum absolute atomic E-state index is 12.2. The van der Waals surface area contributed by atoms with Crippen LogP contribution in [-0.4, -0.2) is 48.1 Å². The minimum absolute atomic E-state index is 0.0223. The van der Waals surface area contributed by atoms with Gasteiger partial charge in [0.2, 0.25) is 5.91 Å². The molecule has 2 N–H and O–H groups in total. The normalized spacial score (nSPS) is 19.1. The predicted octanol–water partition coefficient (Wildman–Crippen LogP) is 2.03. The van der Waals surface area contributed by atoms with Gasteiger partial charge in [0.1, 0.15) is 6.61 Å². The highest BCUT2D eigenvalue weighted by molar-refractivity contribution is 5.87. The molecule has 0 fully saturated rings. The summed E-state index contributed by atoms with van der Waals surface area (Å²) in [6.07, 6.45) is 4.62. The van der Waals surface area contributed by atoms with Gasteiger partial charge in [0.15, 0.2) is 0 Å². The number of nitrogens with zero attached hydrogens (tertiary/aromatic N) is 1. The van der Waals surface area contributed by atoms with Gasteiger partial charge in [-0.25, -0.2) is 9.59 Å². The number of hydrogen-bond donors (Lipinski definition) is 2. The van der Waals surface area contributed by atoms with Crippen LogP contribution in [0.1, 0.15) is 28.8 Å². The summed E-state index contributed by atoms with van der Waals surface area (Å²) < 4.78 is 5.16. The van der Waals surface area contributed by atoms with Gasteiger partial charge in [-0.2, -0.15) is 0 Å². The summed E-state index contributed by atoms with van der Waals surface area (Å²) in [5.74, 6) is -1.34. The molecule has 1 aliphatic carbocycles. The molecular weight excluding hydrogens is 324 g/mol. The fraction of sp³-hybridized carbons (Fsp3) is 0.389. The molecule has 2 amide bonds. The maximum Gasteiger partial charge on any atom is 0.407 e. The van der Waals surface area contributed by atoms with Gasteiger partial charge >= 0.3 is 12.1 Å². The van der Waals surface area contributed by atoms with Crippen molar-refractivity contribution in [2.45, 2.75) is 25.5 Å². The van der Waals surface area contributed by atoms with E-state index in [1.807, 2.05) is 12.2 Å². The first-order valence-electron chi connectivity index (χ1n) is 8.02. The van der Waals surface area contributed by atoms with Crippen molar-refractivity contribution in [3.8, 4) is 0 Å². The highest BCUT2D eigenvalue weighted by Crippen LogP contribution is 2.21. The van der Waals surface area contributed by atoms with Crippen LogP contribution in [-0.2, 0) is 16.1 Å². The Bertz CT molecular complexity index is 667. The zero-order chi connectivity index (χ0) is 18.4. The molecule has 0 bridgehead atoms. The molecule has 7 nitrogen and oxygen atoms in total. The van der Waals surface area contributed by atoms with Gasteiger partial charge in [-0.15, -0.1) is 0 Å². The van der Waals surface area contributed by atoms with Crippen molar-refractivity contribution in [3.05, 3.63) is 47.5 Å². The minimum atomic E-state index is -1.01. The van der Waals surface area contributed by atoms with E-state index in [9.17, 15) is 14.4 Å². The van der Waals surface area contributed by atoms with E-state index in [0.29, 0.717) is 12.0 Å². The summed E-state index contributed by atoms with van der Waals surface area (Å²) >= 11 is 0. The number of aromatic carboxylic acids is 1. The standard InChI is InChI=1S/C18H22N2O5/c1-20(2)16(21)14-5-3-4-6-15(14)19-18(24)25-11-12-7-9-13(10-8-12)17(22)23/h4,6-10,14-15H,3,5,11H2,1-2H3,(H,19,24)(H,22,23)/t14-,15-/m1/s1. The minimum Gasteiger partial charge on any atom is -0.478 e. The molecule has 0 aliphatic heterocycles. The molecule has 0 radical (unpaired) electrons. The molecule has 1 aromatic rings. The van der Waals surface area contributed by atoms with Gasteiger partial charge in [-0.3, -0.25) is 4.79 Å². The lowest BCUT2D eigenvalue weighted by molar-refractivity contribution is -0.133. The van der Waals surface area contributed by atoms with Crippen LogP contribution in [0.3, 0.4) is 0 Å². The van der Waals surface area contributed by atoms with E-state index in [-0.39, 0.29) is 24.0 Å². The number of carboxylic acids is 1. The van der Waals surface area contributed by atoms with E-state index in [0.717, 1.165) is 6.42 Å². The first kappa shape index (κ1) is 18.5. The average Bonchev–Trinajstić information content (AvgIpc) is 2.60. The van der Waals surface area contributed by atoms with Crippen molar-refractivity contribution >= 4 is 18.0 Å². The van der Waals surface area contributed by atoms with E-state index < -0.39 is 18.1 Å². The molecule has 2 rings (SSSR count). The van der Waals surface area contributed by atoms with Crippen molar-refractivity contribution in [2.24, 2.45) is 5.92 Å². The number of carboxylic acid groups (broad SMARTS) is 1. The third kappa shape index (κ3) is 5.07. The number of alkyl carbamates (subject to hydrolysis) is 1. The molecule has 2 atom stereocenters. The fourth-order valence-electron chi connectivity index (χ4n) is 2.66. The number of allylic oxidation sites excluding steroid dienone is 1. The summed E-state index contributed by atoms with van der Waals surface area (Å²) in [6, 6.07) is 5.69. The van der Waals surface area contributed by atoms with Crippen molar-refractivity contribution in [2.75, 3.05) is 14.1 Å². The summed E-state index contributed by atoms with van der Waals surface area (Å²) in [7, 11) is 3.38. The Hall–Kier alpha value is -2.83. The first-order chi connectivity index (χ1) is 11.9. The third-order valence-electron chi connectivity index (χ3n) is 4.03. The molecule has 0 unspecified atom stereocenters. The molecule has 0 aromatic heterocycles. The van der Waals surface area contributed by atoms with Crippen molar-refractivity contribution < 1.29 is 24.2 Å². The molecule has 0 saturated carbocycles. The second-order valence-electron chi connectivity index (χ2n) is 6.09. The highest BCUT2D eigenvalue weighted by atomic mass is 16.5. The van der Waals surface area contributed by atoms with Gasteiger partial charge in [-0.05, 0) is 30.5 Å². The summed E-state index contributed by atoms with van der Waals surface area (Å²) in [6.45, 7) is 0.0223. The number of hydrogen-bond acceptors (Lipinski definition) is 4. The van der Waals surface area contributed by atoms with Crippen LogP contribution in [0.4, 0.5) is 4.79 Å². The number of nitrogens with one attached hydrogen (secondary N) is 1. The smallest absolute Gasteiger partial charge is 0.407 e. The Labute approximate surface area is 146 Å². The molecule has 1 aromatic carbocycles. The lowest BCUT2D eigenvalue weighted by Gasteiger charge is -2.29. The maximum atomic E-state index is 12.2. The second-order valence-corrected chi connectivity index (χ2v) is 6.09. The summed E-state index contributed by atoms with van der Waals surface area (Å²) in [5, 5.41) is 11.6. The SMILES string of the molecule is CN(C)C(=O)[C@@H]1CCC=C[C@H]1NC(=O)OCc1ccc(C(=O)O)cc1. The number of carbonyl (C=O) groups excluding carboxylic acids is 2. The van der Waals surface area contributed by atoms with Crippen LogP contribution in [0.25, 0.3) is 0 Å². The third-order valence-corrected chi connectivity index (χ3v) is 4.03. The van der Waals surface area contributed by atoms with Gasteiger partial charge in [0.25, 0.3) is 0 Å². The first-order valence-corrected chi connectivity index (χ1v) is 8.02. The Morgan fingerprint density at radius 2 is 1.92 bits per heavy atom. The van der Waals surface area contributed by atoms with E-state index in [4.69, 9.17) is 9.84 Å².